The second kappa shape index (κ2) is 7.09. The summed E-state index contributed by atoms with van der Waals surface area (Å²) in [7, 11) is 0. The zero-order valence-corrected chi connectivity index (χ0v) is 10.6. The summed E-state index contributed by atoms with van der Waals surface area (Å²) >= 11 is 2.39. The zero-order valence-electron chi connectivity index (χ0n) is 8.41. The van der Waals surface area contributed by atoms with Gasteiger partial charge in [-0.05, 0) is 26.8 Å². The number of nitrogens with one attached hydrogen (secondary N) is 2. The van der Waals surface area contributed by atoms with Crippen LogP contribution in [0.1, 0.15) is 27.2 Å². The lowest BCUT2D eigenvalue weighted by Gasteiger charge is -2.26. The molecule has 0 aromatic heterocycles. The highest BCUT2D eigenvalue weighted by atomic mass is 127. The molecule has 3 heteroatoms. The van der Waals surface area contributed by atoms with Gasteiger partial charge >= 0.3 is 0 Å². The van der Waals surface area contributed by atoms with Gasteiger partial charge in [-0.25, -0.2) is 0 Å². The summed E-state index contributed by atoms with van der Waals surface area (Å²) < 4.78 is 1.18. The monoisotopic (exact) mass is 284 g/mol. The van der Waals surface area contributed by atoms with Gasteiger partial charge in [0.1, 0.15) is 0 Å². The fraction of sp³-hybridized carbons (Fsp3) is 1.00. The molecule has 0 atom stereocenters. The summed E-state index contributed by atoms with van der Waals surface area (Å²) in [6.45, 7) is 9.94. The molecular weight excluding hydrogens is 263 g/mol. The molecule has 0 radical (unpaired) electrons. The van der Waals surface area contributed by atoms with Gasteiger partial charge in [0, 0.05) is 23.1 Å². The van der Waals surface area contributed by atoms with Crippen molar-refractivity contribution in [2.45, 2.75) is 32.7 Å². The van der Waals surface area contributed by atoms with Gasteiger partial charge in [-0.3, -0.25) is 0 Å². The molecule has 0 saturated carbocycles. The SMILES string of the molecule is CCCNCC(C)(C)NCCI. The van der Waals surface area contributed by atoms with Crippen molar-refractivity contribution in [2.75, 3.05) is 24.1 Å². The van der Waals surface area contributed by atoms with Crippen molar-refractivity contribution in [1.29, 1.82) is 0 Å². The van der Waals surface area contributed by atoms with Crippen LogP contribution in [-0.2, 0) is 0 Å². The second-order valence-electron chi connectivity index (χ2n) is 3.68. The third kappa shape index (κ3) is 7.31. The van der Waals surface area contributed by atoms with E-state index in [-0.39, 0.29) is 5.54 Å². The molecule has 0 rings (SSSR count). The van der Waals surface area contributed by atoms with E-state index in [1.807, 2.05) is 0 Å². The molecule has 0 aliphatic heterocycles. The summed E-state index contributed by atoms with van der Waals surface area (Å²) in [4.78, 5) is 0. The van der Waals surface area contributed by atoms with Gasteiger partial charge in [-0.15, -0.1) is 0 Å². The topological polar surface area (TPSA) is 24.1 Å². The number of rotatable bonds is 7. The normalized spacial score (nSPS) is 12.0. The maximum Gasteiger partial charge on any atom is 0.0249 e. The Balaban J connectivity index is 3.42. The first-order valence-corrected chi connectivity index (χ1v) is 6.16. The number of alkyl halides is 1. The lowest BCUT2D eigenvalue weighted by Crippen LogP contribution is -2.48. The van der Waals surface area contributed by atoms with Crippen molar-refractivity contribution in [3.63, 3.8) is 0 Å². The van der Waals surface area contributed by atoms with Crippen molar-refractivity contribution >= 4 is 22.6 Å². The minimum absolute atomic E-state index is 0.236. The van der Waals surface area contributed by atoms with E-state index in [4.69, 9.17) is 0 Å². The fourth-order valence-corrected chi connectivity index (χ4v) is 1.30. The van der Waals surface area contributed by atoms with Crippen LogP contribution in [0, 0.1) is 0 Å². The Hall–Kier alpha value is 0.650. The van der Waals surface area contributed by atoms with Crippen LogP contribution in [0.3, 0.4) is 0 Å². The first kappa shape index (κ1) is 12.7. The smallest absolute Gasteiger partial charge is 0.0249 e. The Kier molecular flexibility index (Phi) is 7.48. The number of hydrogen-bond donors (Lipinski definition) is 2. The van der Waals surface area contributed by atoms with Gasteiger partial charge in [0.05, 0.1) is 0 Å². The summed E-state index contributed by atoms with van der Waals surface area (Å²) in [6.07, 6.45) is 1.21. The van der Waals surface area contributed by atoms with Crippen LogP contribution >= 0.6 is 22.6 Å². The molecule has 2 nitrogen and oxygen atoms in total. The Bertz CT molecular complexity index is 105. The molecule has 74 valence electrons. The van der Waals surface area contributed by atoms with Gasteiger partial charge in [0.15, 0.2) is 0 Å². The van der Waals surface area contributed by atoms with E-state index in [0.29, 0.717) is 0 Å². The van der Waals surface area contributed by atoms with Gasteiger partial charge < -0.3 is 10.6 Å². The predicted molar refractivity (Wildman–Crippen MR) is 64.1 cm³/mol. The lowest BCUT2D eigenvalue weighted by atomic mass is 10.1. The maximum absolute atomic E-state index is 3.50. The molecule has 0 aromatic rings. The van der Waals surface area contributed by atoms with Crippen molar-refractivity contribution in [2.24, 2.45) is 0 Å². The summed E-state index contributed by atoms with van der Waals surface area (Å²) in [5.74, 6) is 0. The van der Waals surface area contributed by atoms with Crippen LogP contribution in [0.25, 0.3) is 0 Å². The molecule has 0 amide bonds. The third-order valence-electron chi connectivity index (χ3n) is 1.69. The summed E-state index contributed by atoms with van der Waals surface area (Å²) in [5.41, 5.74) is 0.236. The van der Waals surface area contributed by atoms with E-state index < -0.39 is 0 Å². The van der Waals surface area contributed by atoms with E-state index in [0.717, 1.165) is 19.6 Å². The van der Waals surface area contributed by atoms with E-state index in [1.54, 1.807) is 0 Å². The minimum atomic E-state index is 0.236. The first-order valence-electron chi connectivity index (χ1n) is 4.64. The van der Waals surface area contributed by atoms with Crippen LogP contribution < -0.4 is 10.6 Å². The van der Waals surface area contributed by atoms with Crippen LogP contribution in [0.5, 0.6) is 0 Å². The molecule has 0 unspecified atom stereocenters. The van der Waals surface area contributed by atoms with Gasteiger partial charge in [-0.2, -0.15) is 0 Å². The molecule has 0 aliphatic rings. The molecule has 0 aromatic carbocycles. The highest BCUT2D eigenvalue weighted by Gasteiger charge is 2.14. The lowest BCUT2D eigenvalue weighted by molar-refractivity contribution is 0.376. The number of hydrogen-bond acceptors (Lipinski definition) is 2. The molecular formula is C9H21IN2. The standard InChI is InChI=1S/C9H21IN2/c1-4-6-11-8-9(2,3)12-7-5-10/h11-12H,4-8H2,1-3H3. The average Bonchev–Trinajstić information content (AvgIpc) is 2.01. The molecule has 0 spiro atoms. The maximum atomic E-state index is 3.50. The van der Waals surface area contributed by atoms with E-state index >= 15 is 0 Å². The van der Waals surface area contributed by atoms with Crippen molar-refractivity contribution in [3.8, 4) is 0 Å². The van der Waals surface area contributed by atoms with E-state index in [2.05, 4.69) is 54.0 Å². The van der Waals surface area contributed by atoms with Crippen molar-refractivity contribution < 1.29 is 0 Å². The minimum Gasteiger partial charge on any atom is -0.315 e. The largest absolute Gasteiger partial charge is 0.315 e. The van der Waals surface area contributed by atoms with E-state index in [1.165, 1.54) is 10.8 Å². The second-order valence-corrected chi connectivity index (χ2v) is 4.76. The molecule has 0 saturated heterocycles. The van der Waals surface area contributed by atoms with Gasteiger partial charge in [-0.1, -0.05) is 29.5 Å². The van der Waals surface area contributed by atoms with Crippen molar-refractivity contribution in [3.05, 3.63) is 0 Å². The molecule has 0 fully saturated rings. The molecule has 0 aliphatic carbocycles. The van der Waals surface area contributed by atoms with Crippen LogP contribution in [0.15, 0.2) is 0 Å². The third-order valence-corrected chi connectivity index (χ3v) is 2.23. The quantitative estimate of drug-likeness (QED) is 0.423. The Morgan fingerprint density at radius 3 is 2.42 bits per heavy atom. The number of halogens is 1. The summed E-state index contributed by atoms with van der Waals surface area (Å²) in [5, 5.41) is 6.92. The van der Waals surface area contributed by atoms with Crippen LogP contribution in [0.4, 0.5) is 0 Å². The highest BCUT2D eigenvalue weighted by molar-refractivity contribution is 14.1. The fourth-order valence-electron chi connectivity index (χ4n) is 1.03. The molecule has 2 N–H and O–H groups in total. The Morgan fingerprint density at radius 1 is 1.25 bits per heavy atom. The van der Waals surface area contributed by atoms with Crippen LogP contribution in [0.2, 0.25) is 0 Å². The van der Waals surface area contributed by atoms with E-state index in [9.17, 15) is 0 Å². The molecule has 0 bridgehead atoms. The Morgan fingerprint density at radius 2 is 1.92 bits per heavy atom. The molecule has 12 heavy (non-hydrogen) atoms. The Labute approximate surface area is 90.0 Å². The van der Waals surface area contributed by atoms with Gasteiger partial charge in [0.25, 0.3) is 0 Å². The van der Waals surface area contributed by atoms with Crippen LogP contribution in [-0.4, -0.2) is 29.6 Å². The van der Waals surface area contributed by atoms with Crippen molar-refractivity contribution in [1.82, 2.24) is 10.6 Å². The highest BCUT2D eigenvalue weighted by Crippen LogP contribution is 1.99. The molecule has 0 heterocycles. The first-order chi connectivity index (χ1) is 5.62. The predicted octanol–water partition coefficient (Wildman–Crippen LogP) is 1.79. The average molecular weight is 284 g/mol. The van der Waals surface area contributed by atoms with Gasteiger partial charge in [0.2, 0.25) is 0 Å². The zero-order chi connectivity index (χ0) is 9.45. The summed E-state index contributed by atoms with van der Waals surface area (Å²) in [6, 6.07) is 0.